The van der Waals surface area contributed by atoms with Gasteiger partial charge in [0.1, 0.15) is 11.2 Å². The molecule has 0 atom stereocenters. The number of hydrogen-bond donors (Lipinski definition) is 0. The monoisotopic (exact) mass is 371 g/mol. The predicted molar refractivity (Wildman–Crippen MR) is 119 cm³/mol. The van der Waals surface area contributed by atoms with Gasteiger partial charge in [-0.05, 0) is 35.4 Å². The molecule has 0 aliphatic heterocycles. The van der Waals surface area contributed by atoms with Crippen molar-refractivity contribution in [3.05, 3.63) is 103 Å². The van der Waals surface area contributed by atoms with Gasteiger partial charge in [0.25, 0.3) is 0 Å². The van der Waals surface area contributed by atoms with Gasteiger partial charge in [0.05, 0.1) is 16.7 Å². The summed E-state index contributed by atoms with van der Waals surface area (Å²) in [6.07, 6.45) is 2.06. The third kappa shape index (κ3) is 2.52. The molecule has 0 N–H and O–H groups in total. The molecule has 0 aliphatic carbocycles. The average molecular weight is 371 g/mol. The van der Waals surface area contributed by atoms with Crippen LogP contribution in [-0.2, 0) is 0 Å². The number of pyridine rings is 2. The summed E-state index contributed by atoms with van der Waals surface area (Å²) in [4.78, 5) is 10.1. The fourth-order valence-electron chi connectivity index (χ4n) is 4.01. The summed E-state index contributed by atoms with van der Waals surface area (Å²) in [6.45, 7) is 0. The van der Waals surface area contributed by atoms with Gasteiger partial charge in [-0.2, -0.15) is 0 Å². The number of hydrogen-bond acceptors (Lipinski definition) is 2. The summed E-state index contributed by atoms with van der Waals surface area (Å²) in [5, 5.41) is 1.07. The highest BCUT2D eigenvalue weighted by Gasteiger charge is 2.16. The molecule has 0 bridgehead atoms. The zero-order valence-corrected chi connectivity index (χ0v) is 15.7. The van der Waals surface area contributed by atoms with Crippen LogP contribution in [0.3, 0.4) is 0 Å². The number of fused-ring (bicyclic) bond motifs is 5. The second kappa shape index (κ2) is 6.28. The molecule has 0 spiro atoms. The van der Waals surface area contributed by atoms with Crippen molar-refractivity contribution in [1.29, 1.82) is 0 Å². The highest BCUT2D eigenvalue weighted by Crippen LogP contribution is 2.34. The lowest BCUT2D eigenvalue weighted by Gasteiger charge is -2.09. The molecule has 0 radical (unpaired) electrons. The van der Waals surface area contributed by atoms with E-state index in [1.807, 2.05) is 30.3 Å². The van der Waals surface area contributed by atoms with Crippen molar-refractivity contribution in [2.75, 3.05) is 0 Å². The summed E-state index contributed by atoms with van der Waals surface area (Å²) in [6, 6.07) is 33.3. The lowest BCUT2D eigenvalue weighted by Crippen LogP contribution is -1.92. The molecule has 3 heterocycles. The molecule has 3 aromatic heterocycles. The highest BCUT2D eigenvalue weighted by molar-refractivity contribution is 6.10. The Hall–Kier alpha value is -3.98. The quantitative estimate of drug-likeness (QED) is 0.354. The van der Waals surface area contributed by atoms with E-state index in [4.69, 9.17) is 9.97 Å². The second-order valence-electron chi connectivity index (χ2n) is 7.16. The van der Waals surface area contributed by atoms with Crippen LogP contribution >= 0.6 is 0 Å². The summed E-state index contributed by atoms with van der Waals surface area (Å²) in [7, 11) is 0. The fraction of sp³-hybridized carbons (Fsp3) is 0. The van der Waals surface area contributed by atoms with Crippen LogP contribution in [0.5, 0.6) is 0 Å². The van der Waals surface area contributed by atoms with Crippen LogP contribution in [0.1, 0.15) is 0 Å². The van der Waals surface area contributed by atoms with Crippen LogP contribution in [0.2, 0.25) is 0 Å². The molecule has 0 amide bonds. The molecule has 0 saturated heterocycles. The van der Waals surface area contributed by atoms with Crippen LogP contribution in [-0.4, -0.2) is 14.4 Å². The zero-order chi connectivity index (χ0) is 19.2. The number of imidazole rings is 1. The lowest BCUT2D eigenvalue weighted by molar-refractivity contribution is 1.22. The first-order valence-electron chi connectivity index (χ1n) is 9.70. The van der Waals surface area contributed by atoms with E-state index in [0.717, 1.165) is 38.8 Å². The lowest BCUT2D eigenvalue weighted by atomic mass is 10.0. The normalized spacial score (nSPS) is 11.4. The van der Waals surface area contributed by atoms with Gasteiger partial charge in [-0.25, -0.2) is 9.97 Å². The Balaban J connectivity index is 1.75. The second-order valence-corrected chi connectivity index (χ2v) is 7.16. The molecule has 0 saturated carbocycles. The molecular formula is C26H17N3. The molecule has 0 unspecified atom stereocenters. The Morgan fingerprint density at radius 3 is 2.10 bits per heavy atom. The van der Waals surface area contributed by atoms with Crippen molar-refractivity contribution >= 4 is 27.6 Å². The molecule has 3 aromatic carbocycles. The maximum absolute atomic E-state index is 5.07. The van der Waals surface area contributed by atoms with E-state index in [-0.39, 0.29) is 0 Å². The maximum atomic E-state index is 5.07. The summed E-state index contributed by atoms with van der Waals surface area (Å²) < 4.78 is 2.14. The summed E-state index contributed by atoms with van der Waals surface area (Å²) >= 11 is 0. The van der Waals surface area contributed by atoms with Crippen LogP contribution in [0.25, 0.3) is 50.0 Å². The van der Waals surface area contributed by atoms with E-state index < -0.39 is 0 Å². The molecule has 6 aromatic rings. The summed E-state index contributed by atoms with van der Waals surface area (Å²) in [5.41, 5.74) is 8.33. The smallest absolute Gasteiger partial charge is 0.137 e. The molecule has 136 valence electrons. The van der Waals surface area contributed by atoms with Crippen molar-refractivity contribution in [3.63, 3.8) is 0 Å². The standard InChI is InChI=1S/C26H17N3/c1-3-9-18(10-4-1)20-14-15-22-21(17-20)25-26(29-16-8-7-13-23(29)28-25)24(27-22)19-11-5-2-6-12-19/h1-17H. The van der Waals surface area contributed by atoms with Gasteiger partial charge in [0, 0.05) is 17.1 Å². The molecule has 6 rings (SSSR count). The first-order valence-corrected chi connectivity index (χ1v) is 9.70. The van der Waals surface area contributed by atoms with Gasteiger partial charge in [0.2, 0.25) is 0 Å². The molecule has 0 aliphatic rings. The number of benzene rings is 3. The van der Waals surface area contributed by atoms with Crippen molar-refractivity contribution in [1.82, 2.24) is 14.4 Å². The Morgan fingerprint density at radius 2 is 1.31 bits per heavy atom. The fourth-order valence-corrected chi connectivity index (χ4v) is 4.01. The zero-order valence-electron chi connectivity index (χ0n) is 15.7. The number of rotatable bonds is 2. The Morgan fingerprint density at radius 1 is 0.586 bits per heavy atom. The third-order valence-corrected chi connectivity index (χ3v) is 5.39. The van der Waals surface area contributed by atoms with E-state index in [1.54, 1.807) is 0 Å². The maximum Gasteiger partial charge on any atom is 0.137 e. The van der Waals surface area contributed by atoms with Crippen molar-refractivity contribution in [2.45, 2.75) is 0 Å². The number of aromatic nitrogens is 3. The van der Waals surface area contributed by atoms with Crippen molar-refractivity contribution < 1.29 is 0 Å². The molecular weight excluding hydrogens is 354 g/mol. The van der Waals surface area contributed by atoms with Crippen molar-refractivity contribution in [2.24, 2.45) is 0 Å². The van der Waals surface area contributed by atoms with Gasteiger partial charge in [-0.15, -0.1) is 0 Å². The predicted octanol–water partition coefficient (Wildman–Crippen LogP) is 6.37. The Bertz CT molecular complexity index is 1480. The minimum atomic E-state index is 0.930. The van der Waals surface area contributed by atoms with Crippen LogP contribution in [0.4, 0.5) is 0 Å². The molecule has 3 heteroatoms. The first-order chi connectivity index (χ1) is 14.4. The largest absolute Gasteiger partial charge is 0.298 e. The van der Waals surface area contributed by atoms with Crippen molar-refractivity contribution in [3.8, 4) is 22.4 Å². The SMILES string of the molecule is c1ccc(-c2ccc3nc(-c4ccccc4)c4c(nc5ccccn54)c3c2)cc1. The molecule has 3 nitrogen and oxygen atoms in total. The van der Waals surface area contributed by atoms with Gasteiger partial charge in [-0.1, -0.05) is 72.8 Å². The van der Waals surface area contributed by atoms with E-state index in [2.05, 4.69) is 77.3 Å². The van der Waals surface area contributed by atoms with Crippen LogP contribution < -0.4 is 0 Å². The van der Waals surface area contributed by atoms with Gasteiger partial charge >= 0.3 is 0 Å². The van der Waals surface area contributed by atoms with E-state index >= 15 is 0 Å². The van der Waals surface area contributed by atoms with Crippen LogP contribution in [0.15, 0.2) is 103 Å². The molecule has 0 fully saturated rings. The average Bonchev–Trinajstić information content (AvgIpc) is 3.19. The van der Waals surface area contributed by atoms with E-state index in [1.165, 1.54) is 11.1 Å². The number of nitrogens with zero attached hydrogens (tertiary/aromatic N) is 3. The topological polar surface area (TPSA) is 30.2 Å². The minimum Gasteiger partial charge on any atom is -0.298 e. The van der Waals surface area contributed by atoms with Gasteiger partial charge in [0.15, 0.2) is 0 Å². The minimum absolute atomic E-state index is 0.930. The van der Waals surface area contributed by atoms with Crippen LogP contribution in [0, 0.1) is 0 Å². The van der Waals surface area contributed by atoms with E-state index in [0.29, 0.717) is 0 Å². The highest BCUT2D eigenvalue weighted by atomic mass is 15.0. The van der Waals surface area contributed by atoms with Gasteiger partial charge < -0.3 is 0 Å². The molecule has 29 heavy (non-hydrogen) atoms. The first kappa shape index (κ1) is 16.0. The Kier molecular flexibility index (Phi) is 3.47. The summed E-state index contributed by atoms with van der Waals surface area (Å²) in [5.74, 6) is 0. The third-order valence-electron chi connectivity index (χ3n) is 5.39. The van der Waals surface area contributed by atoms with E-state index in [9.17, 15) is 0 Å². The Labute approximate surface area is 167 Å². The van der Waals surface area contributed by atoms with Gasteiger partial charge in [-0.3, -0.25) is 4.40 Å².